The number of nitrogens with one attached hydrogen (secondary N) is 2. The number of amides is 2. The molecule has 1 aromatic carbocycles. The van der Waals surface area contributed by atoms with Gasteiger partial charge in [-0.15, -0.1) is 0 Å². The van der Waals surface area contributed by atoms with Crippen molar-refractivity contribution in [3.8, 4) is 0 Å². The van der Waals surface area contributed by atoms with Gasteiger partial charge in [-0.2, -0.15) is 0 Å². The Balaban J connectivity index is 2.37. The van der Waals surface area contributed by atoms with Crippen molar-refractivity contribution < 1.29 is 19.4 Å². The van der Waals surface area contributed by atoms with Gasteiger partial charge in [-0.1, -0.05) is 22.9 Å². The third kappa shape index (κ3) is 6.03. The molecule has 20 heavy (non-hydrogen) atoms. The molecule has 0 atom stereocenters. The minimum atomic E-state index is -1.03. The number of rotatable bonds is 7. The first-order valence-electron chi connectivity index (χ1n) is 6.15. The fraction of sp³-hybridized carbons (Fsp3) is 0.385. The molecule has 1 aromatic rings. The summed E-state index contributed by atoms with van der Waals surface area (Å²) in [5, 5.41) is 13.7. The zero-order chi connectivity index (χ0) is 15.0. The Morgan fingerprint density at radius 2 is 2.15 bits per heavy atom. The molecule has 0 spiro atoms. The Labute approximate surface area is 125 Å². The van der Waals surface area contributed by atoms with Crippen molar-refractivity contribution in [2.24, 2.45) is 0 Å². The van der Waals surface area contributed by atoms with Gasteiger partial charge < -0.3 is 20.5 Å². The second kappa shape index (κ2) is 8.55. The number of carbonyl (C=O) groups is 2. The zero-order valence-electron chi connectivity index (χ0n) is 11.1. The third-order valence-electron chi connectivity index (χ3n) is 2.45. The lowest BCUT2D eigenvalue weighted by molar-refractivity contribution is -0.142. The van der Waals surface area contributed by atoms with Crippen LogP contribution in [-0.4, -0.2) is 36.9 Å². The Morgan fingerprint density at radius 1 is 1.40 bits per heavy atom. The number of hydrogen-bond donors (Lipinski definition) is 3. The van der Waals surface area contributed by atoms with Gasteiger partial charge in [0.05, 0.1) is 6.61 Å². The Bertz CT molecular complexity index is 479. The number of hydrogen-bond acceptors (Lipinski definition) is 3. The fourth-order valence-corrected chi connectivity index (χ4v) is 1.95. The van der Waals surface area contributed by atoms with Crippen LogP contribution in [0.2, 0.25) is 0 Å². The quantitative estimate of drug-likeness (QED) is 0.662. The highest BCUT2D eigenvalue weighted by Gasteiger charge is 2.06. The van der Waals surface area contributed by atoms with E-state index in [1.54, 1.807) is 0 Å². The molecule has 0 aromatic heterocycles. The average molecular weight is 345 g/mol. The lowest BCUT2D eigenvalue weighted by Gasteiger charge is -2.11. The molecule has 3 N–H and O–H groups in total. The van der Waals surface area contributed by atoms with Crippen LogP contribution in [0.15, 0.2) is 22.7 Å². The normalized spacial score (nSPS) is 10.1. The molecule has 0 aliphatic heterocycles. The summed E-state index contributed by atoms with van der Waals surface area (Å²) >= 11 is 3.38. The predicted molar refractivity (Wildman–Crippen MR) is 79.0 cm³/mol. The van der Waals surface area contributed by atoms with E-state index in [0.717, 1.165) is 22.1 Å². The van der Waals surface area contributed by atoms with Gasteiger partial charge in [0.25, 0.3) is 0 Å². The second-order valence-electron chi connectivity index (χ2n) is 3.98. The molecule has 110 valence electrons. The van der Waals surface area contributed by atoms with Crippen molar-refractivity contribution in [2.75, 3.05) is 25.1 Å². The summed E-state index contributed by atoms with van der Waals surface area (Å²) < 4.78 is 5.77. The van der Waals surface area contributed by atoms with Crippen LogP contribution in [0.25, 0.3) is 0 Å². The van der Waals surface area contributed by atoms with Gasteiger partial charge in [-0.3, -0.25) is 0 Å². The summed E-state index contributed by atoms with van der Waals surface area (Å²) in [7, 11) is 0. The average Bonchev–Trinajstić information content (AvgIpc) is 2.40. The maximum absolute atomic E-state index is 11.7. The number of carbonyl (C=O) groups excluding carboxylic acids is 1. The number of benzene rings is 1. The van der Waals surface area contributed by atoms with Crippen molar-refractivity contribution in [1.82, 2.24) is 5.32 Å². The van der Waals surface area contributed by atoms with E-state index in [9.17, 15) is 9.59 Å². The number of anilines is 1. The van der Waals surface area contributed by atoms with Crippen LogP contribution in [0.3, 0.4) is 0 Å². The van der Waals surface area contributed by atoms with Gasteiger partial charge in [-0.05, 0) is 30.2 Å². The Kier molecular flexibility index (Phi) is 7.03. The second-order valence-corrected chi connectivity index (χ2v) is 4.90. The molecule has 0 fully saturated rings. The van der Waals surface area contributed by atoms with Crippen LogP contribution in [-0.2, 0) is 16.0 Å². The molecule has 0 radical (unpaired) electrons. The molecule has 0 aliphatic rings. The molecule has 0 saturated carbocycles. The van der Waals surface area contributed by atoms with E-state index in [1.807, 2.05) is 25.1 Å². The molecule has 6 nitrogen and oxygen atoms in total. The minimum absolute atomic E-state index is 0.153. The van der Waals surface area contributed by atoms with Gasteiger partial charge in [0, 0.05) is 16.7 Å². The van der Waals surface area contributed by atoms with Crippen molar-refractivity contribution >= 4 is 33.6 Å². The number of urea groups is 1. The highest BCUT2D eigenvalue weighted by Crippen LogP contribution is 2.21. The van der Waals surface area contributed by atoms with E-state index in [4.69, 9.17) is 9.84 Å². The molecule has 0 unspecified atom stereocenters. The first kappa shape index (κ1) is 16.5. The van der Waals surface area contributed by atoms with Gasteiger partial charge in [-0.25, -0.2) is 9.59 Å². The Hall–Kier alpha value is -1.60. The highest BCUT2D eigenvalue weighted by molar-refractivity contribution is 9.10. The van der Waals surface area contributed by atoms with E-state index in [1.165, 1.54) is 0 Å². The first-order valence-corrected chi connectivity index (χ1v) is 6.95. The van der Waals surface area contributed by atoms with Crippen LogP contribution < -0.4 is 10.6 Å². The standard InChI is InChI=1S/C13H17BrN2O4/c1-2-9-7-10(14)3-4-11(9)16-13(19)15-5-6-20-8-12(17)18/h3-4,7H,2,5-6,8H2,1H3,(H,17,18)(H2,15,16,19). The SMILES string of the molecule is CCc1cc(Br)ccc1NC(=O)NCCOCC(=O)O. The summed E-state index contributed by atoms with van der Waals surface area (Å²) in [6, 6.07) is 5.28. The molecule has 0 saturated heterocycles. The lowest BCUT2D eigenvalue weighted by atomic mass is 10.1. The maximum Gasteiger partial charge on any atom is 0.329 e. The third-order valence-corrected chi connectivity index (χ3v) is 2.95. The van der Waals surface area contributed by atoms with Crippen LogP contribution in [0.1, 0.15) is 12.5 Å². The molecular formula is C13H17BrN2O4. The maximum atomic E-state index is 11.7. The topological polar surface area (TPSA) is 87.7 Å². The lowest BCUT2D eigenvalue weighted by Crippen LogP contribution is -2.32. The van der Waals surface area contributed by atoms with Crippen molar-refractivity contribution in [2.45, 2.75) is 13.3 Å². The summed E-state index contributed by atoms with van der Waals surface area (Å²) in [6.45, 7) is 2.04. The molecule has 0 heterocycles. The largest absolute Gasteiger partial charge is 0.480 e. The van der Waals surface area contributed by atoms with E-state index in [0.29, 0.717) is 0 Å². The van der Waals surface area contributed by atoms with Gasteiger partial charge in [0.2, 0.25) is 0 Å². The summed E-state index contributed by atoms with van der Waals surface area (Å²) in [4.78, 5) is 21.9. The monoisotopic (exact) mass is 344 g/mol. The smallest absolute Gasteiger partial charge is 0.329 e. The highest BCUT2D eigenvalue weighted by atomic mass is 79.9. The number of aliphatic carboxylic acids is 1. The van der Waals surface area contributed by atoms with E-state index < -0.39 is 5.97 Å². The number of aryl methyl sites for hydroxylation is 1. The van der Waals surface area contributed by atoms with Crippen molar-refractivity contribution in [3.63, 3.8) is 0 Å². The number of carboxylic acids is 1. The van der Waals surface area contributed by atoms with E-state index in [-0.39, 0.29) is 25.8 Å². The molecular weight excluding hydrogens is 328 g/mol. The fourth-order valence-electron chi connectivity index (χ4n) is 1.54. The molecule has 0 bridgehead atoms. The molecule has 7 heteroatoms. The number of ether oxygens (including phenoxy) is 1. The summed E-state index contributed by atoms with van der Waals surface area (Å²) in [5.74, 6) is -1.03. The van der Waals surface area contributed by atoms with E-state index in [2.05, 4.69) is 26.6 Å². The van der Waals surface area contributed by atoms with Crippen LogP contribution in [0.4, 0.5) is 10.5 Å². The van der Waals surface area contributed by atoms with Crippen LogP contribution in [0.5, 0.6) is 0 Å². The van der Waals surface area contributed by atoms with Crippen LogP contribution >= 0.6 is 15.9 Å². The van der Waals surface area contributed by atoms with Gasteiger partial charge in [0.1, 0.15) is 6.61 Å². The zero-order valence-corrected chi connectivity index (χ0v) is 12.7. The van der Waals surface area contributed by atoms with Gasteiger partial charge >= 0.3 is 12.0 Å². The van der Waals surface area contributed by atoms with Crippen molar-refractivity contribution in [1.29, 1.82) is 0 Å². The number of halogens is 1. The summed E-state index contributed by atoms with van der Waals surface area (Å²) in [6.07, 6.45) is 0.802. The molecule has 1 rings (SSSR count). The Morgan fingerprint density at radius 3 is 2.80 bits per heavy atom. The summed E-state index contributed by atoms with van der Waals surface area (Å²) in [5.41, 5.74) is 1.77. The minimum Gasteiger partial charge on any atom is -0.480 e. The molecule has 0 aliphatic carbocycles. The molecule has 2 amide bonds. The predicted octanol–water partition coefficient (Wildman–Crippen LogP) is 2.23. The van der Waals surface area contributed by atoms with E-state index >= 15 is 0 Å². The number of carboxylic acid groups (broad SMARTS) is 1. The van der Waals surface area contributed by atoms with Gasteiger partial charge in [0.15, 0.2) is 0 Å². The first-order chi connectivity index (χ1) is 9.52. The van der Waals surface area contributed by atoms with Crippen molar-refractivity contribution in [3.05, 3.63) is 28.2 Å². The van der Waals surface area contributed by atoms with Crippen LogP contribution in [0, 0.1) is 0 Å².